The number of carbonyl (C=O) groups excluding carboxylic acids is 1. The van der Waals surface area contributed by atoms with Crippen molar-refractivity contribution in [1.29, 1.82) is 0 Å². The number of benzene rings is 4. The van der Waals surface area contributed by atoms with Gasteiger partial charge in [0, 0.05) is 16.3 Å². The van der Waals surface area contributed by atoms with Crippen LogP contribution in [-0.2, 0) is 4.79 Å². The van der Waals surface area contributed by atoms with Crippen LogP contribution in [-0.4, -0.2) is 5.97 Å². The lowest BCUT2D eigenvalue weighted by Crippen LogP contribution is -2.08. The Kier molecular flexibility index (Phi) is 4.68. The molecular formula is C24H18N2O2. The highest BCUT2D eigenvalue weighted by atomic mass is 16.5. The summed E-state index contributed by atoms with van der Waals surface area (Å²) in [4.78, 5) is 12.1. The molecule has 0 aliphatic carbocycles. The van der Waals surface area contributed by atoms with Gasteiger partial charge in [-0.25, -0.2) is 4.79 Å². The van der Waals surface area contributed by atoms with E-state index < -0.39 is 5.97 Å². The Labute approximate surface area is 162 Å². The maximum Gasteiger partial charge on any atom is 0.338 e. The molecule has 4 rings (SSSR count). The lowest BCUT2D eigenvalue weighted by atomic mass is 10.1. The minimum absolute atomic E-state index is 0.324. The maximum absolute atomic E-state index is 12.1. The zero-order valence-corrected chi connectivity index (χ0v) is 15.4. The molecule has 0 fully saturated rings. The Hall–Kier alpha value is -3.79. The molecule has 0 amide bonds. The van der Waals surface area contributed by atoms with Crippen molar-refractivity contribution in [2.45, 2.75) is 6.92 Å². The first kappa shape index (κ1) is 17.6. The molecule has 0 spiro atoms. The quantitative estimate of drug-likeness (QED) is 0.171. The third kappa shape index (κ3) is 3.40. The van der Waals surface area contributed by atoms with E-state index in [2.05, 4.69) is 16.8 Å². The molecule has 0 atom stereocenters. The van der Waals surface area contributed by atoms with Crippen molar-refractivity contribution in [3.05, 3.63) is 91.0 Å². The maximum atomic E-state index is 12.1. The zero-order chi connectivity index (χ0) is 19.5. The van der Waals surface area contributed by atoms with Crippen molar-refractivity contribution in [3.8, 4) is 5.75 Å². The second kappa shape index (κ2) is 7.45. The number of esters is 1. The number of fused-ring (bicyclic) bond motifs is 2. The van der Waals surface area contributed by atoms with E-state index in [4.69, 9.17) is 4.74 Å². The fraction of sp³-hybridized carbons (Fsp3) is 0.0417. The van der Waals surface area contributed by atoms with Gasteiger partial charge in [-0.2, -0.15) is 0 Å². The predicted octanol–water partition coefficient (Wildman–Crippen LogP) is 6.89. The lowest BCUT2D eigenvalue weighted by molar-refractivity contribution is -0.130. The minimum atomic E-state index is -0.489. The van der Waals surface area contributed by atoms with E-state index in [1.54, 1.807) is 13.0 Å². The summed E-state index contributed by atoms with van der Waals surface area (Å²) in [7, 11) is 0. The Morgan fingerprint density at radius 3 is 2.18 bits per heavy atom. The smallest absolute Gasteiger partial charge is 0.338 e. The van der Waals surface area contributed by atoms with Crippen molar-refractivity contribution in [3.63, 3.8) is 0 Å². The predicted molar refractivity (Wildman–Crippen MR) is 113 cm³/mol. The average molecular weight is 366 g/mol. The van der Waals surface area contributed by atoms with Crippen LogP contribution in [0.2, 0.25) is 0 Å². The Balaban J connectivity index is 1.85. The molecule has 0 aromatic heterocycles. The Bertz CT molecular complexity index is 1240. The van der Waals surface area contributed by atoms with Crippen LogP contribution < -0.4 is 4.74 Å². The molecule has 0 N–H and O–H groups in total. The van der Waals surface area contributed by atoms with E-state index in [1.165, 1.54) is 0 Å². The number of ether oxygens (including phenoxy) is 1. The van der Waals surface area contributed by atoms with E-state index in [0.29, 0.717) is 17.0 Å². The van der Waals surface area contributed by atoms with Crippen LogP contribution in [0.15, 0.2) is 101 Å². The van der Waals surface area contributed by atoms with Crippen molar-refractivity contribution >= 4 is 38.9 Å². The standard InChI is InChI=1S/C24H18N2O2/c1-16(2)24(27)28-22-15-14-18-9-4-6-12-20(18)23(22)26-25-21-13-7-10-17-8-3-5-11-19(17)21/h3-15H,1H2,2H3. The van der Waals surface area contributed by atoms with Gasteiger partial charge in [0.1, 0.15) is 5.69 Å². The number of rotatable bonds is 4. The van der Waals surface area contributed by atoms with Crippen molar-refractivity contribution in [1.82, 2.24) is 0 Å². The molecule has 0 aliphatic rings. The lowest BCUT2D eigenvalue weighted by Gasteiger charge is -2.09. The molecule has 4 aromatic carbocycles. The number of azo groups is 1. The summed E-state index contributed by atoms with van der Waals surface area (Å²) >= 11 is 0. The molecule has 0 saturated heterocycles. The van der Waals surface area contributed by atoms with Crippen molar-refractivity contribution < 1.29 is 9.53 Å². The number of hydrogen-bond donors (Lipinski definition) is 0. The zero-order valence-electron chi connectivity index (χ0n) is 15.4. The van der Waals surface area contributed by atoms with Gasteiger partial charge in [0.25, 0.3) is 0 Å². The van der Waals surface area contributed by atoms with E-state index >= 15 is 0 Å². The average Bonchev–Trinajstić information content (AvgIpc) is 2.72. The highest BCUT2D eigenvalue weighted by molar-refractivity contribution is 5.98. The van der Waals surface area contributed by atoms with E-state index in [9.17, 15) is 4.79 Å². The highest BCUT2D eigenvalue weighted by Gasteiger charge is 2.13. The topological polar surface area (TPSA) is 51.0 Å². The first-order valence-corrected chi connectivity index (χ1v) is 8.92. The van der Waals surface area contributed by atoms with Gasteiger partial charge in [-0.3, -0.25) is 0 Å². The molecule has 0 heterocycles. The minimum Gasteiger partial charge on any atom is -0.421 e. The molecule has 4 aromatic rings. The van der Waals surface area contributed by atoms with Crippen molar-refractivity contribution in [2.24, 2.45) is 10.2 Å². The number of carbonyl (C=O) groups is 1. The second-order valence-electron chi connectivity index (χ2n) is 6.50. The van der Waals surface area contributed by atoms with Crippen LogP contribution in [0, 0.1) is 0 Å². The summed E-state index contributed by atoms with van der Waals surface area (Å²) in [5.74, 6) is -0.132. The molecular weight excluding hydrogens is 348 g/mol. The molecule has 0 aliphatic heterocycles. The van der Waals surface area contributed by atoms with Gasteiger partial charge in [0.2, 0.25) is 0 Å². The number of nitrogens with zero attached hydrogens (tertiary/aromatic N) is 2. The van der Waals surface area contributed by atoms with Gasteiger partial charge in [-0.15, -0.1) is 10.2 Å². The largest absolute Gasteiger partial charge is 0.421 e. The fourth-order valence-electron chi connectivity index (χ4n) is 3.01. The molecule has 0 unspecified atom stereocenters. The molecule has 0 bridgehead atoms. The summed E-state index contributed by atoms with van der Waals surface area (Å²) < 4.78 is 5.50. The molecule has 4 heteroatoms. The van der Waals surface area contributed by atoms with E-state index in [0.717, 1.165) is 27.2 Å². The summed E-state index contributed by atoms with van der Waals surface area (Å²) in [6, 6.07) is 25.3. The molecule has 136 valence electrons. The summed E-state index contributed by atoms with van der Waals surface area (Å²) in [5.41, 5.74) is 1.59. The van der Waals surface area contributed by atoms with Gasteiger partial charge < -0.3 is 4.74 Å². The van der Waals surface area contributed by atoms with Crippen molar-refractivity contribution in [2.75, 3.05) is 0 Å². The van der Waals surface area contributed by atoms with Crippen LogP contribution in [0.1, 0.15) is 6.92 Å². The van der Waals surface area contributed by atoms with E-state index in [-0.39, 0.29) is 0 Å². The van der Waals surface area contributed by atoms with Gasteiger partial charge in [0.15, 0.2) is 5.75 Å². The summed E-state index contributed by atoms with van der Waals surface area (Å²) in [5, 5.41) is 12.9. The van der Waals surface area contributed by atoms with Crippen LogP contribution in [0.25, 0.3) is 21.5 Å². The van der Waals surface area contributed by atoms with Crippen LogP contribution in [0.3, 0.4) is 0 Å². The Morgan fingerprint density at radius 1 is 0.786 bits per heavy atom. The van der Waals surface area contributed by atoms with Crippen LogP contribution >= 0.6 is 0 Å². The van der Waals surface area contributed by atoms with E-state index in [1.807, 2.05) is 72.8 Å². The molecule has 4 nitrogen and oxygen atoms in total. The van der Waals surface area contributed by atoms with Crippen LogP contribution in [0.5, 0.6) is 5.75 Å². The molecule has 0 saturated carbocycles. The fourth-order valence-corrected chi connectivity index (χ4v) is 3.01. The van der Waals surface area contributed by atoms with Gasteiger partial charge in [-0.05, 0) is 29.8 Å². The van der Waals surface area contributed by atoms with Crippen LogP contribution in [0.4, 0.5) is 11.4 Å². The second-order valence-corrected chi connectivity index (χ2v) is 6.50. The van der Waals surface area contributed by atoms with Gasteiger partial charge in [-0.1, -0.05) is 73.3 Å². The highest BCUT2D eigenvalue weighted by Crippen LogP contribution is 2.38. The Morgan fingerprint density at radius 2 is 1.43 bits per heavy atom. The SMILES string of the molecule is C=C(C)C(=O)Oc1ccc2ccccc2c1N=Nc1cccc2ccccc12. The summed E-state index contributed by atoms with van der Waals surface area (Å²) in [6.45, 7) is 5.25. The first-order valence-electron chi connectivity index (χ1n) is 8.92. The normalized spacial score (nSPS) is 11.2. The molecule has 0 radical (unpaired) electrons. The summed E-state index contributed by atoms with van der Waals surface area (Å²) in [6.07, 6.45) is 0. The van der Waals surface area contributed by atoms with Gasteiger partial charge in [0.05, 0.1) is 5.69 Å². The monoisotopic (exact) mass is 366 g/mol. The molecule has 28 heavy (non-hydrogen) atoms. The third-order valence-corrected chi connectivity index (χ3v) is 4.44. The third-order valence-electron chi connectivity index (χ3n) is 4.44. The first-order chi connectivity index (χ1) is 13.6. The van der Waals surface area contributed by atoms with Gasteiger partial charge >= 0.3 is 5.97 Å². The number of hydrogen-bond acceptors (Lipinski definition) is 4.